The Hall–Kier alpha value is -2.58. The molecule has 0 aliphatic carbocycles. The summed E-state index contributed by atoms with van der Waals surface area (Å²) < 4.78 is 5.39. The lowest BCUT2D eigenvalue weighted by atomic mass is 9.85. The summed E-state index contributed by atoms with van der Waals surface area (Å²) in [6.07, 6.45) is 3.09. The number of hydrogen-bond donors (Lipinski definition) is 0. The molecule has 1 aromatic heterocycles. The summed E-state index contributed by atoms with van der Waals surface area (Å²) in [6.45, 7) is 6.90. The lowest BCUT2D eigenvalue weighted by Crippen LogP contribution is -2.44. The Morgan fingerprint density at radius 2 is 1.80 bits per heavy atom. The first-order valence-electron chi connectivity index (χ1n) is 10.8. The lowest BCUT2D eigenvalue weighted by molar-refractivity contribution is -0.135. The van der Waals surface area contributed by atoms with Crippen molar-refractivity contribution in [1.29, 1.82) is 0 Å². The second-order valence-electron chi connectivity index (χ2n) is 8.50. The van der Waals surface area contributed by atoms with Gasteiger partial charge in [0.25, 0.3) is 5.91 Å². The molecule has 3 fully saturated rings. The van der Waals surface area contributed by atoms with Gasteiger partial charge in [-0.1, -0.05) is 12.1 Å². The van der Waals surface area contributed by atoms with Crippen LogP contribution >= 0.6 is 0 Å². The Morgan fingerprint density at radius 1 is 1.03 bits per heavy atom. The third kappa shape index (κ3) is 3.54. The van der Waals surface area contributed by atoms with Crippen LogP contribution in [0.3, 0.4) is 0 Å². The highest BCUT2D eigenvalue weighted by Gasteiger charge is 2.51. The van der Waals surface area contributed by atoms with E-state index in [0.717, 1.165) is 64.3 Å². The zero-order valence-electron chi connectivity index (χ0n) is 17.1. The van der Waals surface area contributed by atoms with E-state index in [2.05, 4.69) is 14.9 Å². The SMILES string of the molecule is O=C(c1cnc2ccccc2n1)N1CCC2(CCN(CCN3CCOCC3)C2=O)C1. The average Bonchev–Trinajstić information content (AvgIpc) is 3.37. The molecule has 158 valence electrons. The fourth-order valence-electron chi connectivity index (χ4n) is 4.84. The molecule has 1 aromatic carbocycles. The van der Waals surface area contributed by atoms with Crippen molar-refractivity contribution in [2.75, 3.05) is 59.0 Å². The van der Waals surface area contributed by atoms with Gasteiger partial charge in [-0.05, 0) is 25.0 Å². The van der Waals surface area contributed by atoms with Crippen molar-refractivity contribution in [3.05, 3.63) is 36.2 Å². The van der Waals surface area contributed by atoms with Gasteiger partial charge in [-0.2, -0.15) is 0 Å². The lowest BCUT2D eigenvalue weighted by Gasteiger charge is -2.29. The zero-order chi connectivity index (χ0) is 20.6. The predicted octanol–water partition coefficient (Wildman–Crippen LogP) is 1.03. The molecule has 4 heterocycles. The molecule has 2 amide bonds. The number of fused-ring (bicyclic) bond motifs is 1. The van der Waals surface area contributed by atoms with E-state index in [1.165, 1.54) is 0 Å². The summed E-state index contributed by atoms with van der Waals surface area (Å²) in [4.78, 5) is 41.2. The van der Waals surface area contributed by atoms with Crippen LogP contribution in [0.1, 0.15) is 23.3 Å². The Labute approximate surface area is 175 Å². The molecular formula is C22H27N5O3. The van der Waals surface area contributed by atoms with E-state index in [1.807, 2.05) is 29.2 Å². The fraction of sp³-hybridized carbons (Fsp3) is 0.545. The highest BCUT2D eigenvalue weighted by molar-refractivity contribution is 5.95. The molecule has 3 aliphatic heterocycles. The zero-order valence-corrected chi connectivity index (χ0v) is 17.1. The standard InChI is InChI=1S/C22H27N5O3/c28-20(19-15-23-17-3-1-2-4-18(17)24-19)27-8-6-22(16-27)5-7-26(21(22)29)10-9-25-11-13-30-14-12-25/h1-4,15H,5-14,16H2. The maximum absolute atomic E-state index is 13.2. The molecule has 0 saturated carbocycles. The third-order valence-corrected chi connectivity index (χ3v) is 6.70. The van der Waals surface area contributed by atoms with Gasteiger partial charge >= 0.3 is 0 Å². The van der Waals surface area contributed by atoms with Gasteiger partial charge in [0, 0.05) is 45.8 Å². The molecule has 1 spiro atoms. The maximum atomic E-state index is 13.2. The van der Waals surface area contributed by atoms with Crippen LogP contribution in [0, 0.1) is 5.41 Å². The smallest absolute Gasteiger partial charge is 0.274 e. The second kappa shape index (κ2) is 7.92. The van der Waals surface area contributed by atoms with E-state index in [4.69, 9.17) is 4.74 Å². The summed E-state index contributed by atoms with van der Waals surface area (Å²) in [7, 11) is 0. The number of likely N-dealkylation sites (tertiary alicyclic amines) is 2. The van der Waals surface area contributed by atoms with Crippen LogP contribution in [0.25, 0.3) is 11.0 Å². The first-order valence-corrected chi connectivity index (χ1v) is 10.8. The van der Waals surface area contributed by atoms with Crippen molar-refractivity contribution >= 4 is 22.8 Å². The highest BCUT2D eigenvalue weighted by Crippen LogP contribution is 2.41. The minimum atomic E-state index is -0.426. The molecule has 1 atom stereocenters. The van der Waals surface area contributed by atoms with E-state index >= 15 is 0 Å². The van der Waals surface area contributed by atoms with Crippen molar-refractivity contribution in [2.45, 2.75) is 12.8 Å². The van der Waals surface area contributed by atoms with Crippen LogP contribution in [-0.2, 0) is 9.53 Å². The van der Waals surface area contributed by atoms with Gasteiger partial charge in [-0.15, -0.1) is 0 Å². The molecule has 5 rings (SSSR count). The van der Waals surface area contributed by atoms with Crippen molar-refractivity contribution in [3.63, 3.8) is 0 Å². The largest absolute Gasteiger partial charge is 0.379 e. The van der Waals surface area contributed by atoms with E-state index < -0.39 is 5.41 Å². The van der Waals surface area contributed by atoms with E-state index in [-0.39, 0.29) is 11.8 Å². The Bertz CT molecular complexity index is 961. The van der Waals surface area contributed by atoms with Gasteiger partial charge in [0.05, 0.1) is 35.9 Å². The molecule has 0 bridgehead atoms. The van der Waals surface area contributed by atoms with Gasteiger partial charge < -0.3 is 14.5 Å². The normalized spacial score (nSPS) is 25.0. The Balaban J connectivity index is 1.23. The summed E-state index contributed by atoms with van der Waals surface area (Å²) in [5, 5.41) is 0. The molecule has 2 aromatic rings. The minimum absolute atomic E-state index is 0.135. The van der Waals surface area contributed by atoms with Crippen LogP contribution < -0.4 is 0 Å². The first-order chi connectivity index (χ1) is 14.6. The van der Waals surface area contributed by atoms with Crippen LogP contribution in [0.2, 0.25) is 0 Å². The third-order valence-electron chi connectivity index (χ3n) is 6.70. The summed E-state index contributed by atoms with van der Waals surface area (Å²) in [5.74, 6) is 0.0698. The monoisotopic (exact) mass is 409 g/mol. The molecule has 8 nitrogen and oxygen atoms in total. The van der Waals surface area contributed by atoms with Gasteiger partial charge in [-0.3, -0.25) is 19.5 Å². The number of nitrogens with zero attached hydrogens (tertiary/aromatic N) is 5. The quantitative estimate of drug-likeness (QED) is 0.751. The van der Waals surface area contributed by atoms with Crippen LogP contribution in [0.15, 0.2) is 30.5 Å². The number of morpholine rings is 1. The fourth-order valence-corrected chi connectivity index (χ4v) is 4.84. The molecule has 1 unspecified atom stereocenters. The second-order valence-corrected chi connectivity index (χ2v) is 8.50. The van der Waals surface area contributed by atoms with Gasteiger partial charge in [0.2, 0.25) is 5.91 Å². The number of carbonyl (C=O) groups is 2. The summed E-state index contributed by atoms with van der Waals surface area (Å²) >= 11 is 0. The van der Waals surface area contributed by atoms with Crippen molar-refractivity contribution in [3.8, 4) is 0 Å². The number of aromatic nitrogens is 2. The van der Waals surface area contributed by atoms with Gasteiger partial charge in [-0.25, -0.2) is 4.98 Å². The molecule has 30 heavy (non-hydrogen) atoms. The minimum Gasteiger partial charge on any atom is -0.379 e. The van der Waals surface area contributed by atoms with E-state index in [9.17, 15) is 9.59 Å². The number of hydrogen-bond acceptors (Lipinski definition) is 6. The highest BCUT2D eigenvalue weighted by atomic mass is 16.5. The van der Waals surface area contributed by atoms with Gasteiger partial charge in [0.1, 0.15) is 5.69 Å². The molecule has 0 N–H and O–H groups in total. The molecule has 3 aliphatic rings. The summed E-state index contributed by atoms with van der Waals surface area (Å²) in [6, 6.07) is 7.53. The number of carbonyl (C=O) groups excluding carboxylic acids is 2. The molecule has 3 saturated heterocycles. The number of ether oxygens (including phenoxy) is 1. The van der Waals surface area contributed by atoms with Crippen molar-refractivity contribution in [2.24, 2.45) is 5.41 Å². The van der Waals surface area contributed by atoms with E-state index in [1.54, 1.807) is 11.1 Å². The molecule has 8 heteroatoms. The van der Waals surface area contributed by atoms with Gasteiger partial charge in [0.15, 0.2) is 0 Å². The Kier molecular flexibility index (Phi) is 5.12. The number of amides is 2. The Morgan fingerprint density at radius 3 is 2.63 bits per heavy atom. The predicted molar refractivity (Wildman–Crippen MR) is 111 cm³/mol. The number of benzene rings is 1. The molecule has 0 radical (unpaired) electrons. The average molecular weight is 409 g/mol. The van der Waals surface area contributed by atoms with Crippen molar-refractivity contribution < 1.29 is 14.3 Å². The van der Waals surface area contributed by atoms with Crippen LogP contribution in [-0.4, -0.2) is 95.5 Å². The number of rotatable bonds is 4. The van der Waals surface area contributed by atoms with Crippen LogP contribution in [0.5, 0.6) is 0 Å². The topological polar surface area (TPSA) is 78.9 Å². The maximum Gasteiger partial charge on any atom is 0.274 e. The van der Waals surface area contributed by atoms with E-state index in [0.29, 0.717) is 24.3 Å². The molecular weight excluding hydrogens is 382 g/mol. The first kappa shape index (κ1) is 19.4. The number of para-hydroxylation sites is 2. The van der Waals surface area contributed by atoms with Crippen molar-refractivity contribution in [1.82, 2.24) is 24.7 Å². The van der Waals surface area contributed by atoms with Crippen LogP contribution in [0.4, 0.5) is 0 Å². The summed E-state index contributed by atoms with van der Waals surface area (Å²) in [5.41, 5.74) is 1.41.